The van der Waals surface area contributed by atoms with Gasteiger partial charge in [-0.2, -0.15) is 0 Å². The van der Waals surface area contributed by atoms with Gasteiger partial charge in [0.15, 0.2) is 0 Å². The first-order chi connectivity index (χ1) is 20.8. The lowest BCUT2D eigenvalue weighted by molar-refractivity contribution is -0.275. The predicted octanol–water partition coefficient (Wildman–Crippen LogP) is 7.99. The second kappa shape index (κ2) is 11.4. The summed E-state index contributed by atoms with van der Waals surface area (Å²) in [6, 6.07) is 10.6. The van der Waals surface area contributed by atoms with E-state index in [1.807, 2.05) is 13.8 Å². The van der Waals surface area contributed by atoms with Crippen molar-refractivity contribution >= 4 is 5.97 Å². The van der Waals surface area contributed by atoms with E-state index in [0.717, 1.165) is 66.5 Å². The van der Waals surface area contributed by atoms with Crippen LogP contribution in [0.4, 0.5) is 13.2 Å². The second-order valence-corrected chi connectivity index (χ2v) is 12.9. The lowest BCUT2D eigenvalue weighted by Gasteiger charge is -2.46. The Hall–Kier alpha value is -3.53. The maximum absolute atomic E-state index is 13.4. The number of carboxylic acids is 1. The van der Waals surface area contributed by atoms with Gasteiger partial charge in [-0.05, 0) is 106 Å². The van der Waals surface area contributed by atoms with Gasteiger partial charge < -0.3 is 19.1 Å². The van der Waals surface area contributed by atoms with Crippen LogP contribution in [0.3, 0.4) is 0 Å². The average Bonchev–Trinajstić information content (AvgIpc) is 3.75. The van der Waals surface area contributed by atoms with Gasteiger partial charge in [-0.15, -0.1) is 13.2 Å². The quantitative estimate of drug-likeness (QED) is 0.276. The van der Waals surface area contributed by atoms with Gasteiger partial charge in [0.25, 0.3) is 0 Å². The Morgan fingerprint density at radius 3 is 2.43 bits per heavy atom. The summed E-state index contributed by atoms with van der Waals surface area (Å²) in [4.78, 5) is 14.0. The fourth-order valence-corrected chi connectivity index (χ4v) is 7.32. The minimum absolute atomic E-state index is 0.0312. The molecule has 1 aliphatic carbocycles. The second-order valence-electron chi connectivity index (χ2n) is 12.9. The fourth-order valence-electron chi connectivity index (χ4n) is 7.32. The zero-order valence-corrected chi connectivity index (χ0v) is 25.5. The summed E-state index contributed by atoms with van der Waals surface area (Å²) in [5.41, 5.74) is 4.43. The molecule has 2 fully saturated rings. The summed E-state index contributed by atoms with van der Waals surface area (Å²) in [6.07, 6.45) is 0.493. The van der Waals surface area contributed by atoms with E-state index in [4.69, 9.17) is 9.26 Å². The standard InChI is InChI=1S/C34H39F3N2O5/c1-19(32(40)41)30(24-6-7-24)26-8-5-23-11-12-33(42-29(23)18-26)13-15-39(16-14-33)21(3)27-17-25(31-20(2)38-44-22(31)4)9-10-28(27)43-34(35,36)37/h5,8-10,17-19,21,24,30H,6-7,11-16H2,1-4H3,(H,40,41)/t19-,21?,30-/m0/s1. The molecule has 1 unspecified atom stereocenters. The Labute approximate surface area is 255 Å². The molecule has 1 N–H and O–H groups in total. The number of hydrogen-bond donors (Lipinski definition) is 1. The third-order valence-electron chi connectivity index (χ3n) is 9.98. The van der Waals surface area contributed by atoms with Crippen molar-refractivity contribution < 1.29 is 37.1 Å². The molecule has 236 valence electrons. The van der Waals surface area contributed by atoms with E-state index in [9.17, 15) is 23.1 Å². The number of aromatic nitrogens is 1. The van der Waals surface area contributed by atoms with Crippen molar-refractivity contribution in [3.63, 3.8) is 0 Å². The average molecular weight is 613 g/mol. The highest BCUT2D eigenvalue weighted by atomic mass is 19.4. The number of alkyl halides is 3. The number of hydrogen-bond acceptors (Lipinski definition) is 6. The largest absolute Gasteiger partial charge is 0.573 e. The van der Waals surface area contributed by atoms with Crippen LogP contribution in [0.5, 0.6) is 11.5 Å². The van der Waals surface area contributed by atoms with Crippen molar-refractivity contribution in [3.05, 3.63) is 64.5 Å². The number of nitrogens with zero attached hydrogens (tertiary/aromatic N) is 2. The molecule has 1 spiro atoms. The van der Waals surface area contributed by atoms with Crippen molar-refractivity contribution in [2.24, 2.45) is 11.8 Å². The normalized spacial score (nSPS) is 20.4. The number of rotatable bonds is 8. The van der Waals surface area contributed by atoms with Crippen molar-refractivity contribution in [2.45, 2.75) is 90.1 Å². The third-order valence-corrected chi connectivity index (χ3v) is 9.98. The summed E-state index contributed by atoms with van der Waals surface area (Å²) in [5, 5.41) is 13.7. The summed E-state index contributed by atoms with van der Waals surface area (Å²) in [6.45, 7) is 8.60. The first-order valence-electron chi connectivity index (χ1n) is 15.5. The predicted molar refractivity (Wildman–Crippen MR) is 158 cm³/mol. The van der Waals surface area contributed by atoms with Crippen LogP contribution in [0.25, 0.3) is 11.1 Å². The maximum atomic E-state index is 13.4. The molecule has 3 aromatic rings. The Bertz CT molecular complexity index is 1520. The van der Waals surface area contributed by atoms with Gasteiger partial charge >= 0.3 is 12.3 Å². The molecular weight excluding hydrogens is 573 g/mol. The van der Waals surface area contributed by atoms with Crippen molar-refractivity contribution in [3.8, 4) is 22.6 Å². The highest BCUT2D eigenvalue weighted by Crippen LogP contribution is 2.49. The molecule has 3 heterocycles. The Kier molecular flexibility index (Phi) is 7.93. The van der Waals surface area contributed by atoms with Gasteiger partial charge in [-0.3, -0.25) is 9.69 Å². The Morgan fingerprint density at radius 2 is 1.82 bits per heavy atom. The van der Waals surface area contributed by atoms with Crippen LogP contribution in [0, 0.1) is 25.7 Å². The van der Waals surface area contributed by atoms with E-state index in [1.54, 1.807) is 26.0 Å². The van der Waals surface area contributed by atoms with Gasteiger partial charge in [0, 0.05) is 30.3 Å². The third kappa shape index (κ3) is 6.05. The SMILES string of the molecule is Cc1noc(C)c1-c1ccc(OC(F)(F)F)c(C(C)N2CCC3(CCc4ccc([C@H](C5CC5)[C@H](C)C(=O)O)cc4O3)CC2)c1. The smallest absolute Gasteiger partial charge is 0.487 e. The molecule has 1 saturated heterocycles. The number of piperidine rings is 1. The fraction of sp³-hybridized carbons (Fsp3) is 0.529. The number of carboxylic acid groups (broad SMARTS) is 1. The lowest BCUT2D eigenvalue weighted by Crippen LogP contribution is -2.50. The first-order valence-corrected chi connectivity index (χ1v) is 15.5. The highest BCUT2D eigenvalue weighted by Gasteiger charge is 2.43. The van der Waals surface area contributed by atoms with E-state index < -0.39 is 18.2 Å². The number of aryl methyl sites for hydroxylation is 3. The van der Waals surface area contributed by atoms with Crippen LogP contribution in [0.15, 0.2) is 40.9 Å². The number of halogens is 3. The van der Waals surface area contributed by atoms with Gasteiger partial charge in [0.2, 0.25) is 0 Å². The minimum atomic E-state index is -4.81. The van der Waals surface area contributed by atoms with Crippen LogP contribution in [0.2, 0.25) is 0 Å². The molecule has 0 bridgehead atoms. The van der Waals surface area contributed by atoms with E-state index in [0.29, 0.717) is 36.0 Å². The van der Waals surface area contributed by atoms with Gasteiger partial charge in [0.1, 0.15) is 22.9 Å². The van der Waals surface area contributed by atoms with Crippen LogP contribution in [-0.2, 0) is 11.2 Å². The number of aliphatic carboxylic acids is 1. The van der Waals surface area contributed by atoms with E-state index >= 15 is 0 Å². The van der Waals surface area contributed by atoms with Crippen LogP contribution in [0.1, 0.15) is 86.1 Å². The minimum Gasteiger partial charge on any atom is -0.487 e. The number of likely N-dealkylation sites (tertiary alicyclic amines) is 1. The number of carbonyl (C=O) groups is 1. The molecule has 44 heavy (non-hydrogen) atoms. The molecule has 7 nitrogen and oxygen atoms in total. The summed E-state index contributed by atoms with van der Waals surface area (Å²) < 4.78 is 56.7. The zero-order valence-electron chi connectivity index (χ0n) is 25.5. The number of benzene rings is 2. The van der Waals surface area contributed by atoms with Crippen molar-refractivity contribution in [1.29, 1.82) is 0 Å². The number of ether oxygens (including phenoxy) is 2. The van der Waals surface area contributed by atoms with Gasteiger partial charge in [0.05, 0.1) is 11.6 Å². The molecule has 0 radical (unpaired) electrons. The van der Waals surface area contributed by atoms with Gasteiger partial charge in [-0.1, -0.05) is 30.3 Å². The lowest BCUT2D eigenvalue weighted by atomic mass is 9.80. The molecule has 2 aliphatic heterocycles. The first kappa shape index (κ1) is 30.5. The summed E-state index contributed by atoms with van der Waals surface area (Å²) >= 11 is 0. The summed E-state index contributed by atoms with van der Waals surface area (Å²) in [7, 11) is 0. The summed E-state index contributed by atoms with van der Waals surface area (Å²) in [5.74, 6) is 0.345. The molecule has 3 atom stereocenters. The molecule has 2 aromatic carbocycles. The van der Waals surface area contributed by atoms with Crippen molar-refractivity contribution in [2.75, 3.05) is 13.1 Å². The monoisotopic (exact) mass is 612 g/mol. The van der Waals surface area contributed by atoms with E-state index in [2.05, 4.69) is 33.0 Å². The maximum Gasteiger partial charge on any atom is 0.573 e. The zero-order chi connectivity index (χ0) is 31.4. The van der Waals surface area contributed by atoms with Crippen LogP contribution >= 0.6 is 0 Å². The molecule has 1 saturated carbocycles. The van der Waals surface area contributed by atoms with Crippen molar-refractivity contribution in [1.82, 2.24) is 10.1 Å². The Morgan fingerprint density at radius 1 is 1.09 bits per heavy atom. The molecule has 1 aromatic heterocycles. The molecule has 6 rings (SSSR count). The molecule has 0 amide bonds. The molecule has 10 heteroatoms. The Balaban J connectivity index is 1.21. The van der Waals surface area contributed by atoms with Crippen LogP contribution in [-0.4, -0.2) is 46.2 Å². The van der Waals surface area contributed by atoms with Gasteiger partial charge in [-0.25, -0.2) is 0 Å². The highest BCUT2D eigenvalue weighted by molar-refractivity contribution is 5.71. The molecular formula is C34H39F3N2O5. The number of fused-ring (bicyclic) bond motifs is 1. The van der Waals surface area contributed by atoms with Crippen LogP contribution < -0.4 is 9.47 Å². The molecule has 3 aliphatic rings. The topological polar surface area (TPSA) is 85.0 Å². The van der Waals surface area contributed by atoms with E-state index in [1.165, 1.54) is 6.07 Å². The van der Waals surface area contributed by atoms with E-state index in [-0.39, 0.29) is 23.3 Å².